The fourth-order valence-electron chi connectivity index (χ4n) is 3.68. The van der Waals surface area contributed by atoms with Crippen LogP contribution >= 0.6 is 22.9 Å². The Kier molecular flexibility index (Phi) is 5.97. The van der Waals surface area contributed by atoms with Crippen molar-refractivity contribution in [1.82, 2.24) is 10.3 Å². The summed E-state index contributed by atoms with van der Waals surface area (Å²) in [5, 5.41) is 8.77. The molecule has 1 saturated heterocycles. The fourth-order valence-corrected chi connectivity index (χ4v) is 6.04. The van der Waals surface area contributed by atoms with Crippen molar-refractivity contribution in [3.63, 3.8) is 0 Å². The minimum absolute atomic E-state index is 0.199. The number of nitrogens with one attached hydrogen (secondary N) is 3. The predicted octanol–water partition coefficient (Wildman–Crippen LogP) is 4.65. The molecule has 1 aliphatic heterocycles. The van der Waals surface area contributed by atoms with Crippen LogP contribution in [-0.4, -0.2) is 46.2 Å². The minimum atomic E-state index is -4.36. The molecule has 166 valence electrons. The molecule has 2 heterocycles. The van der Waals surface area contributed by atoms with Crippen LogP contribution in [0.3, 0.4) is 0 Å². The van der Waals surface area contributed by atoms with E-state index in [2.05, 4.69) is 31.3 Å². The molecule has 1 fully saturated rings. The van der Waals surface area contributed by atoms with E-state index in [9.17, 15) is 8.76 Å². The molecule has 0 radical (unpaired) electrons. The molecule has 4 rings (SSSR count). The minimum Gasteiger partial charge on any atom is -0.368 e. The van der Waals surface area contributed by atoms with Crippen molar-refractivity contribution < 1.29 is 8.76 Å². The van der Waals surface area contributed by atoms with E-state index in [1.165, 1.54) is 23.7 Å². The summed E-state index contributed by atoms with van der Waals surface area (Å²) >= 11 is 7.87. The quantitative estimate of drug-likeness (QED) is 0.394. The van der Waals surface area contributed by atoms with Gasteiger partial charge in [-0.25, -0.2) is 4.98 Å². The van der Waals surface area contributed by atoms with Crippen LogP contribution in [0.15, 0.2) is 58.3 Å². The van der Waals surface area contributed by atoms with Gasteiger partial charge in [0.05, 0.1) is 32.5 Å². The van der Waals surface area contributed by atoms with E-state index in [0.29, 0.717) is 22.6 Å². The molecule has 3 aromatic rings. The van der Waals surface area contributed by atoms with Crippen LogP contribution in [0.2, 0.25) is 5.02 Å². The number of halogens is 1. The van der Waals surface area contributed by atoms with E-state index in [0.717, 1.165) is 30.9 Å². The third-order valence-electron chi connectivity index (χ3n) is 5.38. The summed E-state index contributed by atoms with van der Waals surface area (Å²) in [6.45, 7) is 1.91. The van der Waals surface area contributed by atoms with E-state index < -0.39 is 9.53 Å². The number of likely N-dealkylation sites (N-methyl/N-ethyl adjacent to an activating group) is 1. The van der Waals surface area contributed by atoms with Crippen molar-refractivity contribution >= 4 is 55.4 Å². The Hall–Kier alpha value is -2.17. The van der Waals surface area contributed by atoms with Crippen molar-refractivity contribution in [2.75, 3.05) is 41.3 Å². The maximum absolute atomic E-state index is 13.3. The average molecular weight is 480 g/mol. The first-order valence-corrected chi connectivity index (χ1v) is 13.5. The molecule has 7 nitrogen and oxygen atoms in total. The topological polar surface area (TPSA) is 89.5 Å². The Morgan fingerprint density at radius 3 is 2.74 bits per heavy atom. The summed E-state index contributed by atoms with van der Waals surface area (Å²) in [4.78, 5) is 6.59. The van der Waals surface area contributed by atoms with Crippen molar-refractivity contribution in [3.05, 3.63) is 58.4 Å². The highest BCUT2D eigenvalue weighted by molar-refractivity contribution is 8.15. The molecule has 0 amide bonds. The number of thiazole rings is 1. The van der Waals surface area contributed by atoms with Gasteiger partial charge in [0.15, 0.2) is 5.82 Å². The molecule has 1 aromatic heterocycles. The zero-order valence-electron chi connectivity index (χ0n) is 17.3. The molecule has 1 unspecified atom stereocenters. The Morgan fingerprint density at radius 1 is 1.26 bits per heavy atom. The molecule has 0 bridgehead atoms. The Balaban J connectivity index is 1.58. The van der Waals surface area contributed by atoms with Gasteiger partial charge in [0.2, 0.25) is 0 Å². The summed E-state index contributed by atoms with van der Waals surface area (Å²) in [5.41, 5.74) is 4.30. The largest absolute Gasteiger partial charge is 0.368 e. The number of hydrogen-bond donors (Lipinski definition) is 4. The van der Waals surface area contributed by atoms with Crippen molar-refractivity contribution in [3.8, 4) is 0 Å². The smallest absolute Gasteiger partial charge is 0.154 e. The Labute approximate surface area is 191 Å². The Morgan fingerprint density at radius 2 is 2.06 bits per heavy atom. The van der Waals surface area contributed by atoms with Crippen LogP contribution < -0.4 is 20.3 Å². The molecule has 10 heteroatoms. The van der Waals surface area contributed by atoms with Crippen molar-refractivity contribution in [2.24, 2.45) is 0 Å². The number of aromatic nitrogens is 1. The van der Waals surface area contributed by atoms with Gasteiger partial charge in [-0.1, -0.05) is 23.7 Å². The molecule has 1 atom stereocenters. The van der Waals surface area contributed by atoms with E-state index in [1.807, 2.05) is 25.2 Å². The second-order valence-electron chi connectivity index (χ2n) is 7.76. The lowest BCUT2D eigenvalue weighted by Gasteiger charge is -2.40. The van der Waals surface area contributed by atoms with E-state index in [1.54, 1.807) is 23.0 Å². The maximum Gasteiger partial charge on any atom is 0.154 e. The van der Waals surface area contributed by atoms with Crippen LogP contribution in [0.4, 0.5) is 22.9 Å². The molecule has 0 spiro atoms. The van der Waals surface area contributed by atoms with Gasteiger partial charge in [-0.2, -0.15) is 4.21 Å². The van der Waals surface area contributed by atoms with Crippen LogP contribution in [-0.2, 0) is 9.53 Å². The van der Waals surface area contributed by atoms with Gasteiger partial charge in [-0.05, 0) is 43.8 Å². The number of anilines is 4. The fraction of sp³-hybridized carbons (Fsp3) is 0.286. The van der Waals surface area contributed by atoms with Gasteiger partial charge in [-0.15, -0.1) is 20.9 Å². The van der Waals surface area contributed by atoms with E-state index in [4.69, 9.17) is 11.6 Å². The van der Waals surface area contributed by atoms with Crippen LogP contribution in [0, 0.1) is 0 Å². The van der Waals surface area contributed by atoms with Gasteiger partial charge in [-0.3, -0.25) is 9.27 Å². The summed E-state index contributed by atoms with van der Waals surface area (Å²) in [5.74, 6) is 0.352. The zero-order chi connectivity index (χ0) is 22.1. The second kappa shape index (κ2) is 8.40. The molecule has 4 N–H and O–H groups in total. The number of benzene rings is 2. The first-order valence-electron chi connectivity index (χ1n) is 9.87. The zero-order valence-corrected chi connectivity index (χ0v) is 19.7. The third-order valence-corrected chi connectivity index (χ3v) is 8.34. The summed E-state index contributed by atoms with van der Waals surface area (Å²) in [6.07, 6.45) is 2.35. The number of rotatable bonds is 7. The normalized spacial score (nSPS) is 17.9. The summed E-state index contributed by atoms with van der Waals surface area (Å²) in [7, 11) is -2.37. The molecule has 2 aromatic carbocycles. The standard InChI is InChI=1S/C21H26ClN5O2S2/c1-23-15-9-10-27(12-15)20-6-4-3-5-19(20)25-18-8-7-16(11-17(18)22)31(2,28,29)26-21-13-30-14-24-21/h3-8,11,13-15,23,25H,9-10,12H2,1-2H3,(H2,26,28,29). The highest BCUT2D eigenvalue weighted by Gasteiger charge is 2.26. The molecule has 0 saturated carbocycles. The van der Waals surface area contributed by atoms with Gasteiger partial charge in [0.1, 0.15) is 0 Å². The number of para-hydroxylation sites is 2. The molecule has 0 aliphatic carbocycles. The predicted molar refractivity (Wildman–Crippen MR) is 132 cm³/mol. The molecular weight excluding hydrogens is 454 g/mol. The Bertz CT molecular complexity index is 1130. The lowest BCUT2D eigenvalue weighted by Crippen LogP contribution is -2.39. The summed E-state index contributed by atoms with van der Waals surface area (Å²) < 4.78 is 26.8. The van der Waals surface area contributed by atoms with E-state index >= 15 is 0 Å². The highest BCUT2D eigenvalue weighted by atomic mass is 35.5. The van der Waals surface area contributed by atoms with Crippen molar-refractivity contribution in [2.45, 2.75) is 17.4 Å². The van der Waals surface area contributed by atoms with Crippen LogP contribution in [0.1, 0.15) is 6.42 Å². The van der Waals surface area contributed by atoms with Crippen molar-refractivity contribution in [1.29, 1.82) is 0 Å². The van der Waals surface area contributed by atoms with Gasteiger partial charge < -0.3 is 15.5 Å². The summed E-state index contributed by atoms with van der Waals surface area (Å²) in [6, 6.07) is 13.4. The molecule has 1 aliphatic rings. The van der Waals surface area contributed by atoms with Crippen LogP contribution in [0.25, 0.3) is 0 Å². The molecular formula is C21H26ClN5O2S2. The monoisotopic (exact) mass is 479 g/mol. The third kappa shape index (κ3) is 4.86. The number of hydrogen-bond acceptors (Lipinski definition) is 6. The lowest BCUT2D eigenvalue weighted by molar-refractivity contribution is 0.526. The highest BCUT2D eigenvalue weighted by Crippen LogP contribution is 2.37. The van der Waals surface area contributed by atoms with Gasteiger partial charge >= 0.3 is 0 Å². The SMILES string of the molecule is CNC1CCN(c2ccccc2Nc2ccc(S(C)(=O)(O)Nc3cscn3)cc2Cl)C1. The average Bonchev–Trinajstić information content (AvgIpc) is 3.41. The first-order chi connectivity index (χ1) is 14.7. The van der Waals surface area contributed by atoms with Crippen LogP contribution in [0.5, 0.6) is 0 Å². The second-order valence-corrected chi connectivity index (χ2v) is 12.1. The van der Waals surface area contributed by atoms with Gasteiger partial charge in [0.25, 0.3) is 0 Å². The maximum atomic E-state index is 13.3. The van der Waals surface area contributed by atoms with Gasteiger partial charge in [0, 0.05) is 30.8 Å². The number of nitrogens with zero attached hydrogens (tertiary/aromatic N) is 2. The first kappa shape index (κ1) is 22.0. The van der Waals surface area contributed by atoms with E-state index in [-0.39, 0.29) is 4.90 Å². The molecule has 31 heavy (non-hydrogen) atoms. The lowest BCUT2D eigenvalue weighted by atomic mass is 10.2.